The van der Waals surface area contributed by atoms with Crippen LogP contribution >= 0.6 is 27.7 Å². The molecule has 0 atom stereocenters. The summed E-state index contributed by atoms with van der Waals surface area (Å²) in [5.74, 6) is 0.643. The number of halogens is 1. The van der Waals surface area contributed by atoms with E-state index in [0.717, 1.165) is 9.50 Å². The number of hydrogen-bond donors (Lipinski definition) is 1. The number of nitrogen functional groups attached to an aromatic ring is 1. The third-order valence-corrected chi connectivity index (χ3v) is 4.60. The number of aromatic nitrogens is 1. The predicted octanol–water partition coefficient (Wildman–Crippen LogP) is 1.56. The summed E-state index contributed by atoms with van der Waals surface area (Å²) in [6.45, 7) is 0. The Bertz CT molecular complexity index is 448. The SMILES string of the molecule is CS(=O)(=O)CCSc1ncc(N)cc1Br. The first-order valence-corrected chi connectivity index (χ1v) is 7.94. The Morgan fingerprint density at radius 1 is 1.60 bits per heavy atom. The third-order valence-electron chi connectivity index (χ3n) is 1.52. The van der Waals surface area contributed by atoms with Gasteiger partial charge in [-0.15, -0.1) is 11.8 Å². The number of sulfone groups is 1. The molecule has 0 aromatic carbocycles. The predicted molar refractivity (Wildman–Crippen MR) is 66.8 cm³/mol. The van der Waals surface area contributed by atoms with Gasteiger partial charge in [-0.2, -0.15) is 0 Å². The maximum Gasteiger partial charge on any atom is 0.148 e. The van der Waals surface area contributed by atoms with E-state index in [-0.39, 0.29) is 5.75 Å². The second-order valence-electron chi connectivity index (χ2n) is 3.03. The average Bonchev–Trinajstić information content (AvgIpc) is 2.07. The van der Waals surface area contributed by atoms with Crippen LogP contribution in [0.2, 0.25) is 0 Å². The second kappa shape index (κ2) is 5.18. The van der Waals surface area contributed by atoms with Crippen LogP contribution in [-0.2, 0) is 9.84 Å². The van der Waals surface area contributed by atoms with Crippen LogP contribution in [0.3, 0.4) is 0 Å². The molecule has 0 aliphatic heterocycles. The van der Waals surface area contributed by atoms with Crippen molar-refractivity contribution in [2.75, 3.05) is 23.5 Å². The van der Waals surface area contributed by atoms with Crippen LogP contribution in [0.15, 0.2) is 21.8 Å². The highest BCUT2D eigenvalue weighted by molar-refractivity contribution is 9.10. The molecule has 1 heterocycles. The molecule has 0 amide bonds. The molecule has 4 nitrogen and oxygen atoms in total. The molecule has 0 aliphatic rings. The lowest BCUT2D eigenvalue weighted by molar-refractivity contribution is 0.603. The van der Waals surface area contributed by atoms with Crippen molar-refractivity contribution in [2.24, 2.45) is 0 Å². The van der Waals surface area contributed by atoms with E-state index < -0.39 is 9.84 Å². The molecule has 2 N–H and O–H groups in total. The van der Waals surface area contributed by atoms with Gasteiger partial charge < -0.3 is 5.73 Å². The number of rotatable bonds is 4. The van der Waals surface area contributed by atoms with Gasteiger partial charge in [-0.1, -0.05) is 0 Å². The van der Waals surface area contributed by atoms with Crippen LogP contribution in [0.1, 0.15) is 0 Å². The Kier molecular flexibility index (Phi) is 4.42. The Balaban J connectivity index is 2.59. The van der Waals surface area contributed by atoms with Crippen molar-refractivity contribution in [2.45, 2.75) is 5.03 Å². The average molecular weight is 311 g/mol. The zero-order valence-electron chi connectivity index (χ0n) is 8.10. The largest absolute Gasteiger partial charge is 0.397 e. The van der Waals surface area contributed by atoms with E-state index in [4.69, 9.17) is 5.73 Å². The van der Waals surface area contributed by atoms with Gasteiger partial charge in [0.25, 0.3) is 0 Å². The Hall–Kier alpha value is -0.270. The van der Waals surface area contributed by atoms with Crippen LogP contribution in [-0.4, -0.2) is 31.2 Å². The van der Waals surface area contributed by atoms with E-state index in [2.05, 4.69) is 20.9 Å². The molecule has 0 aliphatic carbocycles. The highest BCUT2D eigenvalue weighted by Gasteiger charge is 2.06. The smallest absolute Gasteiger partial charge is 0.148 e. The monoisotopic (exact) mass is 310 g/mol. The number of pyridine rings is 1. The van der Waals surface area contributed by atoms with Gasteiger partial charge in [-0.3, -0.25) is 0 Å². The van der Waals surface area contributed by atoms with Crippen molar-refractivity contribution in [3.63, 3.8) is 0 Å². The summed E-state index contributed by atoms with van der Waals surface area (Å²) >= 11 is 4.70. The number of hydrogen-bond acceptors (Lipinski definition) is 5. The van der Waals surface area contributed by atoms with Gasteiger partial charge in [0.05, 0.1) is 22.1 Å². The zero-order valence-corrected chi connectivity index (χ0v) is 11.3. The van der Waals surface area contributed by atoms with Crippen LogP contribution in [0, 0.1) is 0 Å². The fraction of sp³-hybridized carbons (Fsp3) is 0.375. The maximum atomic E-state index is 10.9. The maximum absolute atomic E-state index is 10.9. The van der Waals surface area contributed by atoms with Gasteiger partial charge in [0.2, 0.25) is 0 Å². The second-order valence-corrected chi connectivity index (χ2v) is 7.23. The van der Waals surface area contributed by atoms with Crippen LogP contribution in [0.5, 0.6) is 0 Å². The molecule has 0 spiro atoms. The summed E-state index contributed by atoms with van der Waals surface area (Å²) in [4.78, 5) is 4.09. The molecule has 0 fully saturated rings. The molecule has 1 rings (SSSR count). The van der Waals surface area contributed by atoms with E-state index in [1.54, 1.807) is 12.3 Å². The first-order chi connectivity index (χ1) is 6.88. The van der Waals surface area contributed by atoms with Crippen molar-refractivity contribution in [1.82, 2.24) is 4.98 Å². The lowest BCUT2D eigenvalue weighted by Crippen LogP contribution is -2.05. The number of nitrogens with two attached hydrogens (primary N) is 1. The topological polar surface area (TPSA) is 73.0 Å². The van der Waals surface area contributed by atoms with E-state index >= 15 is 0 Å². The van der Waals surface area contributed by atoms with Gasteiger partial charge in [0, 0.05) is 12.0 Å². The molecule has 0 radical (unpaired) electrons. The lowest BCUT2D eigenvalue weighted by Gasteiger charge is -2.03. The van der Waals surface area contributed by atoms with E-state index in [9.17, 15) is 8.42 Å². The van der Waals surface area contributed by atoms with Crippen molar-refractivity contribution in [1.29, 1.82) is 0 Å². The first-order valence-electron chi connectivity index (χ1n) is 4.10. The quantitative estimate of drug-likeness (QED) is 0.854. The minimum atomic E-state index is -2.90. The fourth-order valence-corrected chi connectivity index (χ4v) is 3.61. The highest BCUT2D eigenvalue weighted by atomic mass is 79.9. The molecule has 0 saturated heterocycles. The van der Waals surface area contributed by atoms with Crippen LogP contribution in [0.4, 0.5) is 5.69 Å². The van der Waals surface area contributed by atoms with Crippen LogP contribution in [0.25, 0.3) is 0 Å². The summed E-state index contributed by atoms with van der Waals surface area (Å²) in [5, 5.41) is 0.757. The molecule has 1 aromatic heterocycles. The number of thioether (sulfide) groups is 1. The van der Waals surface area contributed by atoms with Gasteiger partial charge in [-0.05, 0) is 22.0 Å². The first kappa shape index (κ1) is 12.8. The zero-order chi connectivity index (χ0) is 11.5. The van der Waals surface area contributed by atoms with Crippen molar-refractivity contribution < 1.29 is 8.42 Å². The number of nitrogens with zero attached hydrogens (tertiary/aromatic N) is 1. The molecule has 15 heavy (non-hydrogen) atoms. The molecular weight excluding hydrogens is 300 g/mol. The highest BCUT2D eigenvalue weighted by Crippen LogP contribution is 2.26. The molecule has 1 aromatic rings. The third kappa shape index (κ3) is 4.85. The molecule has 7 heteroatoms. The Morgan fingerprint density at radius 3 is 2.80 bits per heavy atom. The summed E-state index contributed by atoms with van der Waals surface area (Å²) in [5.41, 5.74) is 6.11. The van der Waals surface area contributed by atoms with Crippen LogP contribution < -0.4 is 5.73 Å². The van der Waals surface area contributed by atoms with Crippen molar-refractivity contribution >= 4 is 43.2 Å². The molecule has 84 valence electrons. The van der Waals surface area contributed by atoms with E-state index in [1.165, 1.54) is 18.0 Å². The number of anilines is 1. The minimum absolute atomic E-state index is 0.149. The summed E-state index contributed by atoms with van der Waals surface area (Å²) < 4.78 is 22.6. The van der Waals surface area contributed by atoms with Crippen molar-refractivity contribution in [3.05, 3.63) is 16.7 Å². The fourth-order valence-electron chi connectivity index (χ4n) is 0.836. The Labute approximate surface area is 102 Å². The van der Waals surface area contributed by atoms with Gasteiger partial charge in [0.15, 0.2) is 0 Å². The lowest BCUT2D eigenvalue weighted by atomic mass is 10.4. The molecule has 0 unspecified atom stereocenters. The van der Waals surface area contributed by atoms with Gasteiger partial charge in [-0.25, -0.2) is 13.4 Å². The van der Waals surface area contributed by atoms with E-state index in [0.29, 0.717) is 11.4 Å². The summed E-state index contributed by atoms with van der Waals surface area (Å²) in [6, 6.07) is 1.75. The van der Waals surface area contributed by atoms with Gasteiger partial charge in [0.1, 0.15) is 14.9 Å². The Morgan fingerprint density at radius 2 is 2.27 bits per heavy atom. The minimum Gasteiger partial charge on any atom is -0.397 e. The standard InChI is InChI=1S/C8H11BrN2O2S2/c1-15(12,13)3-2-14-8-7(9)4-6(10)5-11-8/h4-5H,2-3,10H2,1H3. The summed E-state index contributed by atoms with van der Waals surface area (Å²) in [6.07, 6.45) is 2.77. The van der Waals surface area contributed by atoms with Crippen molar-refractivity contribution in [3.8, 4) is 0 Å². The normalized spacial score (nSPS) is 11.6. The summed E-state index contributed by atoms with van der Waals surface area (Å²) in [7, 11) is -2.90. The van der Waals surface area contributed by atoms with Gasteiger partial charge >= 0.3 is 0 Å². The van der Waals surface area contributed by atoms with E-state index in [1.807, 2.05) is 0 Å². The molecular formula is C8H11BrN2O2S2. The molecule has 0 bridgehead atoms. The molecule has 0 saturated carbocycles.